The van der Waals surface area contributed by atoms with Crippen LogP contribution in [0.1, 0.15) is 265 Å². The molecule has 6 atom stereocenters. The summed E-state index contributed by atoms with van der Waals surface area (Å²) in [4.78, 5) is 51.0. The Bertz CT molecular complexity index is 1540. The monoisotopic (exact) mass is 1060 g/mol. The van der Waals surface area contributed by atoms with Crippen LogP contribution in [0.2, 0.25) is 0 Å². The highest BCUT2D eigenvalue weighted by Gasteiger charge is 2.50. The van der Waals surface area contributed by atoms with Gasteiger partial charge in [-0.05, 0) is 44.9 Å². The van der Waals surface area contributed by atoms with E-state index in [1.807, 2.05) is 12.2 Å². The molecule has 0 amide bonds. The highest BCUT2D eigenvalue weighted by atomic mass is 16.7. The SMILES string of the molecule is CC/C=C\C/C=C\C/C=C\C/C=C\C/C=C\CC(=O)OCC(COC1OC(C(=O)O)C(O)C(O)C1OC(=O)CCCCCCCCCCCCCCCCCCCCC)OC(=O)CCCCCCCCCCCCC. The van der Waals surface area contributed by atoms with Crippen LogP contribution in [-0.4, -0.2) is 89.2 Å². The number of hydrogen-bond donors (Lipinski definition) is 3. The van der Waals surface area contributed by atoms with Crippen molar-refractivity contribution in [2.45, 2.75) is 302 Å². The van der Waals surface area contributed by atoms with Crippen molar-refractivity contribution in [3.05, 3.63) is 60.8 Å². The molecule has 0 aliphatic carbocycles. The van der Waals surface area contributed by atoms with Gasteiger partial charge in [-0.3, -0.25) is 14.4 Å². The molecule has 0 radical (unpaired) electrons. The van der Waals surface area contributed by atoms with E-state index in [4.69, 9.17) is 23.7 Å². The predicted octanol–water partition coefficient (Wildman–Crippen LogP) is 15.6. The van der Waals surface area contributed by atoms with E-state index in [9.17, 15) is 34.5 Å². The Morgan fingerprint density at radius 1 is 0.453 bits per heavy atom. The number of carboxylic acids is 1. The third kappa shape index (κ3) is 41.2. The largest absolute Gasteiger partial charge is 0.479 e. The molecule has 12 nitrogen and oxygen atoms in total. The molecule has 1 saturated heterocycles. The number of aliphatic hydroxyl groups excluding tert-OH is 2. The molecule has 3 N–H and O–H groups in total. The van der Waals surface area contributed by atoms with E-state index in [0.29, 0.717) is 19.3 Å². The molecule has 0 bridgehead atoms. The summed E-state index contributed by atoms with van der Waals surface area (Å²) in [5, 5.41) is 31.5. The number of carboxylic acid groups (broad SMARTS) is 1. The Kier molecular flexibility index (Phi) is 47.4. The second kappa shape index (κ2) is 51.2. The second-order valence-electron chi connectivity index (χ2n) is 20.6. The highest BCUT2D eigenvalue weighted by Crippen LogP contribution is 2.26. The summed E-state index contributed by atoms with van der Waals surface area (Å²) in [6, 6.07) is 0. The van der Waals surface area contributed by atoms with Crippen molar-refractivity contribution >= 4 is 23.9 Å². The first-order valence-electron chi connectivity index (χ1n) is 30.3. The molecule has 1 heterocycles. The van der Waals surface area contributed by atoms with E-state index in [1.54, 1.807) is 6.08 Å². The van der Waals surface area contributed by atoms with Crippen LogP contribution in [0.15, 0.2) is 60.8 Å². The van der Waals surface area contributed by atoms with Gasteiger partial charge in [0.25, 0.3) is 0 Å². The molecule has 0 aromatic rings. The summed E-state index contributed by atoms with van der Waals surface area (Å²) < 4.78 is 28.3. The molecule has 1 aliphatic rings. The average molecular weight is 1060 g/mol. The topological polar surface area (TPSA) is 175 Å². The third-order valence-corrected chi connectivity index (χ3v) is 13.6. The number of carbonyl (C=O) groups excluding carboxylic acids is 3. The lowest BCUT2D eigenvalue weighted by Gasteiger charge is -2.40. The zero-order chi connectivity index (χ0) is 54.7. The molecular weight excluding hydrogens is 949 g/mol. The Labute approximate surface area is 456 Å². The number of aliphatic carboxylic acids is 1. The molecule has 432 valence electrons. The van der Waals surface area contributed by atoms with Crippen molar-refractivity contribution in [2.75, 3.05) is 13.2 Å². The number of unbranched alkanes of at least 4 members (excludes halogenated alkanes) is 28. The lowest BCUT2D eigenvalue weighted by molar-refractivity contribution is -0.301. The number of esters is 3. The van der Waals surface area contributed by atoms with E-state index in [1.165, 1.54) is 135 Å². The molecule has 75 heavy (non-hydrogen) atoms. The van der Waals surface area contributed by atoms with Gasteiger partial charge in [-0.15, -0.1) is 0 Å². The maximum absolute atomic E-state index is 13.1. The molecule has 1 fully saturated rings. The molecule has 6 unspecified atom stereocenters. The van der Waals surface area contributed by atoms with E-state index in [0.717, 1.165) is 70.6 Å². The van der Waals surface area contributed by atoms with Gasteiger partial charge in [-0.1, -0.05) is 261 Å². The molecule has 1 rings (SSSR count). The number of carbonyl (C=O) groups is 4. The Hall–Kier alpha value is -3.58. The van der Waals surface area contributed by atoms with Crippen LogP contribution in [0.3, 0.4) is 0 Å². The summed E-state index contributed by atoms with van der Waals surface area (Å²) in [6.07, 6.45) is 50.8. The fourth-order valence-electron chi connectivity index (χ4n) is 9.03. The van der Waals surface area contributed by atoms with Crippen molar-refractivity contribution in [2.24, 2.45) is 0 Å². The first kappa shape index (κ1) is 69.4. The van der Waals surface area contributed by atoms with Crippen molar-refractivity contribution < 1.29 is 58.2 Å². The number of rotatable bonds is 51. The Balaban J connectivity index is 2.68. The van der Waals surface area contributed by atoms with Crippen molar-refractivity contribution in [1.29, 1.82) is 0 Å². The van der Waals surface area contributed by atoms with Gasteiger partial charge in [-0.25, -0.2) is 4.79 Å². The summed E-state index contributed by atoms with van der Waals surface area (Å²) in [5.41, 5.74) is 0. The van der Waals surface area contributed by atoms with Crippen LogP contribution in [0.5, 0.6) is 0 Å². The van der Waals surface area contributed by atoms with Gasteiger partial charge in [-0.2, -0.15) is 0 Å². The van der Waals surface area contributed by atoms with Crippen molar-refractivity contribution in [3.8, 4) is 0 Å². The van der Waals surface area contributed by atoms with Crippen LogP contribution in [0.25, 0.3) is 0 Å². The van der Waals surface area contributed by atoms with Crippen LogP contribution >= 0.6 is 0 Å². The molecule has 0 aromatic carbocycles. The van der Waals surface area contributed by atoms with Gasteiger partial charge >= 0.3 is 23.9 Å². The molecule has 0 aromatic heterocycles. The van der Waals surface area contributed by atoms with Crippen molar-refractivity contribution in [1.82, 2.24) is 0 Å². The normalized spacial score (nSPS) is 18.5. The standard InChI is InChI=1S/C63H108O12/c1-4-7-10-13-16-19-22-24-26-27-28-29-31-33-36-39-42-45-48-51-57(66)74-61-59(68)58(67)60(62(69)70)75-63(61)72-53-54(73-56(65)50-47-44-41-38-34-21-18-15-12-9-6-3)52-71-55(64)49-46-43-40-37-35-32-30-25-23-20-17-14-11-8-5-2/h8,11,17,20,25,30,35,37,43,46,54,58-61,63,67-68H,4-7,9-10,12-16,18-19,21-24,26-29,31-34,36,38-42,44-45,47-53H2,1-3H3,(H,69,70)/b11-8-,20-17-,30-25-,37-35-,46-43-. The third-order valence-electron chi connectivity index (χ3n) is 13.6. The van der Waals surface area contributed by atoms with E-state index < -0.39 is 67.3 Å². The van der Waals surface area contributed by atoms with Crippen LogP contribution in [0, 0.1) is 0 Å². The average Bonchev–Trinajstić information content (AvgIpc) is 3.39. The second-order valence-corrected chi connectivity index (χ2v) is 20.6. The lowest BCUT2D eigenvalue weighted by Crippen LogP contribution is -2.61. The van der Waals surface area contributed by atoms with Gasteiger partial charge in [0.2, 0.25) is 0 Å². The summed E-state index contributed by atoms with van der Waals surface area (Å²) in [5.74, 6) is -3.27. The predicted molar refractivity (Wildman–Crippen MR) is 303 cm³/mol. The first-order valence-corrected chi connectivity index (χ1v) is 30.3. The minimum Gasteiger partial charge on any atom is -0.479 e. The zero-order valence-corrected chi connectivity index (χ0v) is 47.5. The van der Waals surface area contributed by atoms with Gasteiger partial charge in [0.1, 0.15) is 18.8 Å². The lowest BCUT2D eigenvalue weighted by atomic mass is 9.98. The Morgan fingerprint density at radius 3 is 1.23 bits per heavy atom. The number of hydrogen-bond acceptors (Lipinski definition) is 11. The van der Waals surface area contributed by atoms with E-state index >= 15 is 0 Å². The van der Waals surface area contributed by atoms with Gasteiger partial charge in [0.15, 0.2) is 24.6 Å². The molecule has 1 aliphatic heterocycles. The quantitative estimate of drug-likeness (QED) is 0.0228. The summed E-state index contributed by atoms with van der Waals surface area (Å²) in [6.45, 7) is 5.80. The fraction of sp³-hybridized carbons (Fsp3) is 0.778. The minimum atomic E-state index is -1.91. The van der Waals surface area contributed by atoms with Crippen LogP contribution < -0.4 is 0 Å². The molecule has 0 spiro atoms. The fourth-order valence-corrected chi connectivity index (χ4v) is 9.03. The summed E-state index contributed by atoms with van der Waals surface area (Å²) >= 11 is 0. The molecule has 0 saturated carbocycles. The Morgan fingerprint density at radius 2 is 0.827 bits per heavy atom. The smallest absolute Gasteiger partial charge is 0.335 e. The van der Waals surface area contributed by atoms with Gasteiger partial charge < -0.3 is 39.0 Å². The van der Waals surface area contributed by atoms with E-state index in [2.05, 4.69) is 63.3 Å². The summed E-state index contributed by atoms with van der Waals surface area (Å²) in [7, 11) is 0. The number of allylic oxidation sites excluding steroid dienone is 9. The van der Waals surface area contributed by atoms with Crippen LogP contribution in [-0.2, 0) is 42.9 Å². The highest BCUT2D eigenvalue weighted by molar-refractivity contribution is 5.74. The van der Waals surface area contributed by atoms with Gasteiger partial charge in [0, 0.05) is 12.8 Å². The van der Waals surface area contributed by atoms with Gasteiger partial charge in [0.05, 0.1) is 13.0 Å². The van der Waals surface area contributed by atoms with E-state index in [-0.39, 0.29) is 25.9 Å². The number of ether oxygens (including phenoxy) is 5. The zero-order valence-electron chi connectivity index (χ0n) is 47.5. The van der Waals surface area contributed by atoms with Crippen LogP contribution in [0.4, 0.5) is 0 Å². The minimum absolute atomic E-state index is 0.0125. The maximum atomic E-state index is 13.1. The first-order chi connectivity index (χ1) is 36.6. The maximum Gasteiger partial charge on any atom is 0.335 e. The molecular formula is C63H108O12. The molecule has 12 heteroatoms. The van der Waals surface area contributed by atoms with Crippen molar-refractivity contribution in [3.63, 3.8) is 0 Å². The number of aliphatic hydroxyl groups is 2.